The maximum Gasteiger partial charge on any atom is 0.329 e. The van der Waals surface area contributed by atoms with Gasteiger partial charge in [-0.2, -0.15) is 0 Å². The molecule has 3 aromatic rings. The van der Waals surface area contributed by atoms with Gasteiger partial charge in [0.05, 0.1) is 6.61 Å². The number of allylic oxidation sites excluding steroid dienone is 1. The maximum atomic E-state index is 13.1. The molecule has 4 amide bonds. The molecule has 0 atom stereocenters. The van der Waals surface area contributed by atoms with Crippen molar-refractivity contribution in [2.45, 2.75) is 33.8 Å². The van der Waals surface area contributed by atoms with Crippen molar-refractivity contribution >= 4 is 29.6 Å². The quantitative estimate of drug-likeness (QED) is 0.189. The minimum Gasteiger partial charge on any atom is -0.490 e. The number of imide groups is 1. The third-order valence-electron chi connectivity index (χ3n) is 6.20. The molecule has 3 aromatic carbocycles. The second kappa shape index (κ2) is 12.8. The molecule has 2 N–H and O–H groups in total. The summed E-state index contributed by atoms with van der Waals surface area (Å²) < 4.78 is 12.1. The van der Waals surface area contributed by atoms with Gasteiger partial charge in [-0.3, -0.25) is 9.59 Å². The third-order valence-corrected chi connectivity index (χ3v) is 6.20. The predicted molar refractivity (Wildman–Crippen MR) is 155 cm³/mol. The fourth-order valence-electron chi connectivity index (χ4n) is 4.29. The van der Waals surface area contributed by atoms with E-state index in [0.29, 0.717) is 42.4 Å². The Labute approximate surface area is 234 Å². The minimum atomic E-state index is -0.662. The van der Waals surface area contributed by atoms with Crippen LogP contribution in [0.5, 0.6) is 11.5 Å². The second-order valence-electron chi connectivity index (χ2n) is 9.50. The van der Waals surface area contributed by atoms with E-state index in [4.69, 9.17) is 9.47 Å². The first-order chi connectivity index (χ1) is 19.3. The van der Waals surface area contributed by atoms with E-state index in [9.17, 15) is 14.4 Å². The SMILES string of the molecule is C=CCc1cc(/C=C2/NC(=O)N(CC(=O)Nc3cccc(C)c3)C2=O)cc(OCC)c1OCc1ccc(C)cc1. The average Bonchev–Trinajstić information content (AvgIpc) is 3.16. The highest BCUT2D eigenvalue weighted by Crippen LogP contribution is 2.35. The number of ether oxygens (including phenoxy) is 2. The number of rotatable bonds is 11. The van der Waals surface area contributed by atoms with Crippen LogP contribution in [0, 0.1) is 13.8 Å². The topological polar surface area (TPSA) is 97.0 Å². The predicted octanol–water partition coefficient (Wildman–Crippen LogP) is 5.54. The Hall–Kier alpha value is -4.85. The molecule has 40 heavy (non-hydrogen) atoms. The van der Waals surface area contributed by atoms with Crippen molar-refractivity contribution in [3.63, 3.8) is 0 Å². The van der Waals surface area contributed by atoms with Crippen molar-refractivity contribution in [3.05, 3.63) is 107 Å². The van der Waals surface area contributed by atoms with Crippen LogP contribution in [-0.2, 0) is 22.6 Å². The van der Waals surface area contributed by atoms with Gasteiger partial charge in [0.1, 0.15) is 18.8 Å². The van der Waals surface area contributed by atoms with Gasteiger partial charge in [0.15, 0.2) is 11.5 Å². The molecule has 1 fully saturated rings. The second-order valence-corrected chi connectivity index (χ2v) is 9.50. The Morgan fingerprint density at radius 2 is 1.80 bits per heavy atom. The van der Waals surface area contributed by atoms with Gasteiger partial charge < -0.3 is 20.1 Å². The van der Waals surface area contributed by atoms with Gasteiger partial charge >= 0.3 is 6.03 Å². The maximum absolute atomic E-state index is 13.1. The number of hydrogen-bond acceptors (Lipinski definition) is 5. The third kappa shape index (κ3) is 6.96. The monoisotopic (exact) mass is 539 g/mol. The molecule has 0 spiro atoms. The van der Waals surface area contributed by atoms with Crippen molar-refractivity contribution in [3.8, 4) is 11.5 Å². The van der Waals surface area contributed by atoms with Crippen molar-refractivity contribution < 1.29 is 23.9 Å². The molecule has 0 aliphatic carbocycles. The van der Waals surface area contributed by atoms with Crippen LogP contribution in [0.15, 0.2) is 79.0 Å². The molecule has 0 saturated carbocycles. The van der Waals surface area contributed by atoms with Crippen molar-refractivity contribution in [1.29, 1.82) is 0 Å². The van der Waals surface area contributed by atoms with Crippen molar-refractivity contribution in [2.75, 3.05) is 18.5 Å². The lowest BCUT2D eigenvalue weighted by atomic mass is 10.0. The lowest BCUT2D eigenvalue weighted by Gasteiger charge is -2.17. The number of aryl methyl sites for hydroxylation is 2. The molecular formula is C32H33N3O5. The van der Waals surface area contributed by atoms with E-state index in [1.807, 2.05) is 63.2 Å². The fraction of sp³-hybridized carbons (Fsp3) is 0.219. The molecule has 1 saturated heterocycles. The van der Waals surface area contributed by atoms with E-state index in [-0.39, 0.29) is 5.70 Å². The van der Waals surface area contributed by atoms with Gasteiger partial charge in [-0.05, 0) is 74.2 Å². The van der Waals surface area contributed by atoms with E-state index in [1.165, 1.54) is 5.56 Å². The largest absolute Gasteiger partial charge is 0.490 e. The first-order valence-corrected chi connectivity index (χ1v) is 13.1. The van der Waals surface area contributed by atoms with Crippen LogP contribution in [0.1, 0.15) is 34.7 Å². The smallest absolute Gasteiger partial charge is 0.329 e. The number of anilines is 1. The van der Waals surface area contributed by atoms with Gasteiger partial charge in [-0.15, -0.1) is 6.58 Å². The van der Waals surface area contributed by atoms with Gasteiger partial charge in [-0.25, -0.2) is 9.69 Å². The van der Waals surface area contributed by atoms with Crippen LogP contribution in [-0.4, -0.2) is 35.9 Å². The highest BCUT2D eigenvalue weighted by molar-refractivity contribution is 6.16. The summed E-state index contributed by atoms with van der Waals surface area (Å²) >= 11 is 0. The molecule has 4 rings (SSSR count). The Kier molecular flexibility index (Phi) is 9.01. The molecule has 1 aliphatic heterocycles. The summed E-state index contributed by atoms with van der Waals surface area (Å²) in [7, 11) is 0. The van der Waals surface area contributed by atoms with Crippen LogP contribution in [0.2, 0.25) is 0 Å². The average molecular weight is 540 g/mol. The summed E-state index contributed by atoms with van der Waals surface area (Å²) in [6.07, 6.45) is 3.83. The van der Waals surface area contributed by atoms with Crippen LogP contribution in [0.3, 0.4) is 0 Å². The summed E-state index contributed by atoms with van der Waals surface area (Å²) in [4.78, 5) is 39.1. The summed E-state index contributed by atoms with van der Waals surface area (Å²) in [6.45, 7) is 10.0. The number of nitrogens with one attached hydrogen (secondary N) is 2. The Morgan fingerprint density at radius 1 is 1.02 bits per heavy atom. The number of amides is 4. The summed E-state index contributed by atoms with van der Waals surface area (Å²) in [5, 5.41) is 5.29. The first-order valence-electron chi connectivity index (χ1n) is 13.1. The van der Waals surface area contributed by atoms with E-state index >= 15 is 0 Å². The highest BCUT2D eigenvalue weighted by Gasteiger charge is 2.35. The number of urea groups is 1. The lowest BCUT2D eigenvalue weighted by molar-refractivity contribution is -0.127. The Bertz CT molecular complexity index is 1460. The molecule has 0 bridgehead atoms. The van der Waals surface area contributed by atoms with Crippen LogP contribution >= 0.6 is 0 Å². The number of nitrogens with zero attached hydrogens (tertiary/aromatic N) is 1. The van der Waals surface area contributed by atoms with Crippen LogP contribution in [0.4, 0.5) is 10.5 Å². The first kappa shape index (κ1) is 28.2. The molecule has 206 valence electrons. The zero-order valence-electron chi connectivity index (χ0n) is 23.0. The Morgan fingerprint density at radius 3 is 2.50 bits per heavy atom. The normalized spacial score (nSPS) is 13.8. The number of hydrogen-bond donors (Lipinski definition) is 2. The van der Waals surface area contributed by atoms with Crippen LogP contribution < -0.4 is 20.1 Å². The summed E-state index contributed by atoms with van der Waals surface area (Å²) in [5.41, 5.74) is 5.29. The molecule has 8 heteroatoms. The van der Waals surface area contributed by atoms with Gasteiger partial charge in [0.25, 0.3) is 5.91 Å². The molecule has 0 aromatic heterocycles. The van der Waals surface area contributed by atoms with Crippen molar-refractivity contribution in [1.82, 2.24) is 10.2 Å². The van der Waals surface area contributed by atoms with E-state index in [2.05, 4.69) is 17.2 Å². The molecule has 1 aliphatic rings. The van der Waals surface area contributed by atoms with Crippen molar-refractivity contribution in [2.24, 2.45) is 0 Å². The summed E-state index contributed by atoms with van der Waals surface area (Å²) in [6, 6.07) is 18.3. The lowest BCUT2D eigenvalue weighted by Crippen LogP contribution is -2.38. The zero-order chi connectivity index (χ0) is 28.6. The Balaban J connectivity index is 1.54. The molecule has 8 nitrogen and oxygen atoms in total. The van der Waals surface area contributed by atoms with E-state index in [1.54, 1.807) is 30.4 Å². The van der Waals surface area contributed by atoms with Gasteiger partial charge in [0.2, 0.25) is 5.91 Å². The van der Waals surface area contributed by atoms with Crippen LogP contribution in [0.25, 0.3) is 6.08 Å². The molecule has 0 unspecified atom stereocenters. The highest BCUT2D eigenvalue weighted by atomic mass is 16.5. The summed E-state index contributed by atoms with van der Waals surface area (Å²) in [5.74, 6) is 0.0531. The minimum absolute atomic E-state index is 0.0636. The van der Waals surface area contributed by atoms with E-state index < -0.39 is 24.4 Å². The fourth-order valence-corrected chi connectivity index (χ4v) is 4.29. The number of benzene rings is 3. The molecule has 1 heterocycles. The van der Waals surface area contributed by atoms with Gasteiger partial charge in [0, 0.05) is 11.3 Å². The van der Waals surface area contributed by atoms with Gasteiger partial charge in [-0.1, -0.05) is 48.0 Å². The van der Waals surface area contributed by atoms with E-state index in [0.717, 1.165) is 21.6 Å². The standard InChI is InChI=1S/C32H33N3O5/c1-5-8-25-16-24(18-28(39-6-2)30(25)40-20-23-13-11-21(3)12-14-23)17-27-31(37)35(32(38)34-27)19-29(36)33-26-10-7-9-22(4)15-26/h5,7,9-18H,1,6,8,19-20H2,2-4H3,(H,33,36)(H,34,38)/b27-17+. The molecular weight excluding hydrogens is 506 g/mol. The molecule has 0 radical (unpaired) electrons. The number of carbonyl (C=O) groups excluding carboxylic acids is 3. The number of carbonyl (C=O) groups is 3. The zero-order valence-corrected chi connectivity index (χ0v) is 23.0.